The Morgan fingerprint density at radius 2 is 2.38 bits per heavy atom. The van der Waals surface area contributed by atoms with Crippen LogP contribution in [0.4, 0.5) is 0 Å². The predicted molar refractivity (Wildman–Crippen MR) is 64.8 cm³/mol. The van der Waals surface area contributed by atoms with Gasteiger partial charge in [-0.3, -0.25) is 0 Å². The van der Waals surface area contributed by atoms with Crippen molar-refractivity contribution in [1.29, 1.82) is 0 Å². The summed E-state index contributed by atoms with van der Waals surface area (Å²) in [5.41, 5.74) is 2.39. The summed E-state index contributed by atoms with van der Waals surface area (Å²) in [6, 6.07) is 4.22. The molecule has 1 aromatic rings. The molecule has 0 aromatic carbocycles. The van der Waals surface area contributed by atoms with Crippen molar-refractivity contribution >= 4 is 0 Å². The van der Waals surface area contributed by atoms with Crippen LogP contribution < -0.4 is 10.1 Å². The molecule has 0 saturated carbocycles. The molecule has 2 heterocycles. The van der Waals surface area contributed by atoms with Crippen LogP contribution in [0.3, 0.4) is 0 Å². The van der Waals surface area contributed by atoms with Crippen molar-refractivity contribution in [2.75, 3.05) is 20.2 Å². The number of nitrogens with one attached hydrogen (secondary N) is 1. The van der Waals surface area contributed by atoms with Gasteiger partial charge in [0.25, 0.3) is 0 Å². The normalized spacial score (nSPS) is 20.8. The maximum absolute atomic E-state index is 5.20. The van der Waals surface area contributed by atoms with Gasteiger partial charge in [0.15, 0.2) is 0 Å². The van der Waals surface area contributed by atoms with Gasteiger partial charge >= 0.3 is 0 Å². The number of ether oxygens (including phenoxy) is 1. The standard InChI is InChI=1S/C13H20N2O/c1-10-6-12(8-13(15-10)16-2)7-11-4-3-5-14-9-11/h6,8,11,14H,3-5,7,9H2,1-2H3/t11-/m1/s1. The highest BCUT2D eigenvalue weighted by Gasteiger charge is 2.14. The van der Waals surface area contributed by atoms with Gasteiger partial charge in [0.1, 0.15) is 0 Å². The number of aryl methyl sites for hydroxylation is 1. The van der Waals surface area contributed by atoms with E-state index in [0.29, 0.717) is 0 Å². The van der Waals surface area contributed by atoms with Crippen molar-refractivity contribution in [3.8, 4) is 5.88 Å². The number of methoxy groups -OCH3 is 1. The molecule has 2 rings (SSSR count). The molecule has 0 amide bonds. The first-order chi connectivity index (χ1) is 7.78. The van der Waals surface area contributed by atoms with Crippen molar-refractivity contribution in [3.05, 3.63) is 23.4 Å². The number of hydrogen-bond acceptors (Lipinski definition) is 3. The minimum absolute atomic E-state index is 0.735. The first-order valence-electron chi connectivity index (χ1n) is 6.00. The van der Waals surface area contributed by atoms with Crippen molar-refractivity contribution in [2.45, 2.75) is 26.2 Å². The van der Waals surface area contributed by atoms with Gasteiger partial charge in [0.2, 0.25) is 5.88 Å². The van der Waals surface area contributed by atoms with Crippen LogP contribution in [-0.4, -0.2) is 25.2 Å². The zero-order valence-electron chi connectivity index (χ0n) is 10.1. The molecule has 0 unspecified atom stereocenters. The van der Waals surface area contributed by atoms with Crippen LogP contribution in [0, 0.1) is 12.8 Å². The highest BCUT2D eigenvalue weighted by molar-refractivity contribution is 5.25. The summed E-state index contributed by atoms with van der Waals surface area (Å²) in [6.07, 6.45) is 3.76. The summed E-state index contributed by atoms with van der Waals surface area (Å²) < 4.78 is 5.20. The summed E-state index contributed by atoms with van der Waals surface area (Å²) in [4.78, 5) is 4.31. The largest absolute Gasteiger partial charge is 0.481 e. The average Bonchev–Trinajstić information content (AvgIpc) is 2.29. The fourth-order valence-electron chi connectivity index (χ4n) is 2.36. The van der Waals surface area contributed by atoms with Crippen molar-refractivity contribution < 1.29 is 4.74 Å². The van der Waals surface area contributed by atoms with Gasteiger partial charge in [0, 0.05) is 11.8 Å². The van der Waals surface area contributed by atoms with Gasteiger partial charge in [0.05, 0.1) is 7.11 Å². The summed E-state index contributed by atoms with van der Waals surface area (Å²) in [7, 11) is 1.67. The molecule has 1 saturated heterocycles. The summed E-state index contributed by atoms with van der Waals surface area (Å²) in [5, 5.41) is 3.45. The third-order valence-corrected chi connectivity index (χ3v) is 3.12. The lowest BCUT2D eigenvalue weighted by Gasteiger charge is -2.22. The van der Waals surface area contributed by atoms with E-state index >= 15 is 0 Å². The fourth-order valence-corrected chi connectivity index (χ4v) is 2.36. The van der Waals surface area contributed by atoms with Crippen molar-refractivity contribution in [1.82, 2.24) is 10.3 Å². The average molecular weight is 220 g/mol. The van der Waals surface area contributed by atoms with Gasteiger partial charge in [-0.05, 0) is 56.8 Å². The first-order valence-corrected chi connectivity index (χ1v) is 6.00. The topological polar surface area (TPSA) is 34.1 Å². The number of hydrogen-bond donors (Lipinski definition) is 1. The van der Waals surface area contributed by atoms with Crippen LogP contribution in [0.1, 0.15) is 24.1 Å². The van der Waals surface area contributed by atoms with E-state index in [-0.39, 0.29) is 0 Å². The number of rotatable bonds is 3. The van der Waals surface area contributed by atoms with Crippen LogP contribution >= 0.6 is 0 Å². The Hall–Kier alpha value is -1.09. The Labute approximate surface area is 97.2 Å². The van der Waals surface area contributed by atoms with E-state index in [4.69, 9.17) is 4.74 Å². The van der Waals surface area contributed by atoms with E-state index in [1.807, 2.05) is 6.92 Å². The molecule has 1 aromatic heterocycles. The minimum Gasteiger partial charge on any atom is -0.481 e. The molecule has 1 aliphatic rings. The third-order valence-electron chi connectivity index (χ3n) is 3.12. The monoisotopic (exact) mass is 220 g/mol. The highest BCUT2D eigenvalue weighted by atomic mass is 16.5. The van der Waals surface area contributed by atoms with Crippen molar-refractivity contribution in [3.63, 3.8) is 0 Å². The predicted octanol–water partition coefficient (Wildman–Crippen LogP) is 1.94. The maximum Gasteiger partial charge on any atom is 0.213 e. The van der Waals surface area contributed by atoms with Gasteiger partial charge in [-0.15, -0.1) is 0 Å². The van der Waals surface area contributed by atoms with E-state index in [2.05, 4.69) is 22.4 Å². The zero-order valence-corrected chi connectivity index (χ0v) is 10.1. The van der Waals surface area contributed by atoms with Gasteiger partial charge in [-0.2, -0.15) is 0 Å². The fraction of sp³-hybridized carbons (Fsp3) is 0.615. The van der Waals surface area contributed by atoms with Crippen LogP contribution in [-0.2, 0) is 6.42 Å². The zero-order chi connectivity index (χ0) is 11.4. The molecule has 0 spiro atoms. The number of aromatic nitrogens is 1. The Morgan fingerprint density at radius 3 is 3.06 bits per heavy atom. The lowest BCUT2D eigenvalue weighted by Crippen LogP contribution is -2.30. The molecular weight excluding hydrogens is 200 g/mol. The second-order valence-corrected chi connectivity index (χ2v) is 4.58. The van der Waals surface area contributed by atoms with Crippen LogP contribution in [0.25, 0.3) is 0 Å². The van der Waals surface area contributed by atoms with E-state index in [0.717, 1.165) is 30.5 Å². The van der Waals surface area contributed by atoms with Crippen molar-refractivity contribution in [2.24, 2.45) is 5.92 Å². The third kappa shape index (κ3) is 2.95. The summed E-state index contributed by atoms with van der Waals surface area (Å²) in [5.74, 6) is 1.50. The molecule has 1 aliphatic heterocycles. The molecule has 0 aliphatic carbocycles. The second kappa shape index (κ2) is 5.30. The SMILES string of the molecule is COc1cc(C[C@H]2CCCNC2)cc(C)n1. The number of pyridine rings is 1. The molecule has 88 valence electrons. The molecule has 1 atom stereocenters. The minimum atomic E-state index is 0.735. The summed E-state index contributed by atoms with van der Waals surface area (Å²) >= 11 is 0. The molecule has 16 heavy (non-hydrogen) atoms. The van der Waals surface area contributed by atoms with Crippen LogP contribution in [0.5, 0.6) is 5.88 Å². The van der Waals surface area contributed by atoms with Crippen LogP contribution in [0.2, 0.25) is 0 Å². The Balaban J connectivity index is 2.04. The Bertz CT molecular complexity index is 346. The van der Waals surface area contributed by atoms with Gasteiger partial charge < -0.3 is 10.1 Å². The maximum atomic E-state index is 5.20. The lowest BCUT2D eigenvalue weighted by atomic mass is 9.92. The number of piperidine rings is 1. The van der Waals surface area contributed by atoms with Gasteiger partial charge in [-0.25, -0.2) is 4.98 Å². The number of nitrogens with zero attached hydrogens (tertiary/aromatic N) is 1. The van der Waals surface area contributed by atoms with E-state index in [1.54, 1.807) is 7.11 Å². The Kier molecular flexibility index (Phi) is 3.78. The molecule has 1 N–H and O–H groups in total. The van der Waals surface area contributed by atoms with E-state index in [9.17, 15) is 0 Å². The highest BCUT2D eigenvalue weighted by Crippen LogP contribution is 2.19. The molecule has 1 fully saturated rings. The molecule has 0 bridgehead atoms. The molecule has 0 radical (unpaired) electrons. The molecular formula is C13H20N2O. The summed E-state index contributed by atoms with van der Waals surface area (Å²) in [6.45, 7) is 4.34. The smallest absolute Gasteiger partial charge is 0.213 e. The van der Waals surface area contributed by atoms with E-state index in [1.165, 1.54) is 24.9 Å². The second-order valence-electron chi connectivity index (χ2n) is 4.58. The van der Waals surface area contributed by atoms with E-state index < -0.39 is 0 Å². The Morgan fingerprint density at radius 1 is 1.50 bits per heavy atom. The quantitative estimate of drug-likeness (QED) is 0.845. The van der Waals surface area contributed by atoms with Crippen LogP contribution in [0.15, 0.2) is 12.1 Å². The molecule has 3 heteroatoms. The molecule has 3 nitrogen and oxygen atoms in total. The lowest BCUT2D eigenvalue weighted by molar-refractivity contribution is 0.372. The van der Waals surface area contributed by atoms with Gasteiger partial charge in [-0.1, -0.05) is 0 Å². The first kappa shape index (κ1) is 11.4.